The van der Waals surface area contributed by atoms with Crippen molar-refractivity contribution < 1.29 is 4.79 Å². The summed E-state index contributed by atoms with van der Waals surface area (Å²) in [7, 11) is 0. The Labute approximate surface area is 161 Å². The van der Waals surface area contributed by atoms with E-state index in [2.05, 4.69) is 60.3 Å². The van der Waals surface area contributed by atoms with Crippen molar-refractivity contribution in [1.82, 2.24) is 15.3 Å². The summed E-state index contributed by atoms with van der Waals surface area (Å²) in [4.78, 5) is 19.3. The number of hydrogen-bond acceptors (Lipinski definition) is 3. The van der Waals surface area contributed by atoms with Gasteiger partial charge in [-0.05, 0) is 28.9 Å². The minimum absolute atomic E-state index is 0. The summed E-state index contributed by atoms with van der Waals surface area (Å²) in [6.07, 6.45) is 7.66. The highest BCUT2D eigenvalue weighted by atomic mass is 35.5. The number of rotatable bonds is 5. The van der Waals surface area contributed by atoms with Gasteiger partial charge in [-0.2, -0.15) is 0 Å². The molecule has 0 fully saturated rings. The molecule has 3 rings (SSSR count). The lowest BCUT2D eigenvalue weighted by molar-refractivity contribution is -0.115. The van der Waals surface area contributed by atoms with E-state index in [-0.39, 0.29) is 29.5 Å². The van der Waals surface area contributed by atoms with E-state index >= 15 is 0 Å². The molecule has 1 aliphatic carbocycles. The normalized spacial score (nSPS) is 17.4. The molecule has 2 aromatic rings. The summed E-state index contributed by atoms with van der Waals surface area (Å²) < 4.78 is 0. The zero-order valence-electron chi connectivity index (χ0n) is 15.7. The van der Waals surface area contributed by atoms with E-state index in [9.17, 15) is 4.79 Å². The number of imidazole rings is 1. The molecule has 0 radical (unpaired) electrons. The van der Waals surface area contributed by atoms with Crippen molar-refractivity contribution in [3.8, 4) is 0 Å². The lowest BCUT2D eigenvalue weighted by Crippen LogP contribution is -2.24. The summed E-state index contributed by atoms with van der Waals surface area (Å²) in [6, 6.07) is 8.77. The van der Waals surface area contributed by atoms with E-state index in [1.807, 2.05) is 6.20 Å². The van der Waals surface area contributed by atoms with E-state index in [1.165, 1.54) is 11.1 Å². The predicted octanol–water partition coefficient (Wildman–Crippen LogP) is 4.29. The average Bonchev–Trinajstić information content (AvgIpc) is 3.07. The number of carbonyl (C=O) groups is 1. The van der Waals surface area contributed by atoms with Crippen LogP contribution in [0.25, 0.3) is 0 Å². The molecule has 1 unspecified atom stereocenters. The van der Waals surface area contributed by atoms with E-state index < -0.39 is 0 Å². The Morgan fingerprint density at radius 2 is 1.92 bits per heavy atom. The van der Waals surface area contributed by atoms with Crippen molar-refractivity contribution >= 4 is 18.2 Å². The Kier molecular flexibility index (Phi) is 6.65. The Hall–Kier alpha value is -2.07. The first-order valence-corrected chi connectivity index (χ1v) is 8.97. The number of aromatic nitrogens is 2. The van der Waals surface area contributed by atoms with Gasteiger partial charge in [-0.15, -0.1) is 12.4 Å². The highest BCUT2D eigenvalue weighted by molar-refractivity contribution is 5.92. The van der Waals surface area contributed by atoms with Crippen molar-refractivity contribution in [3.63, 3.8) is 0 Å². The molecule has 140 valence electrons. The fourth-order valence-electron chi connectivity index (χ4n) is 3.29. The number of nitrogens with zero attached hydrogens (tertiary/aromatic N) is 1. The van der Waals surface area contributed by atoms with E-state index in [0.717, 1.165) is 30.8 Å². The molecule has 26 heavy (non-hydrogen) atoms. The van der Waals surface area contributed by atoms with Crippen LogP contribution in [0.4, 0.5) is 0 Å². The highest BCUT2D eigenvalue weighted by Gasteiger charge is 2.23. The van der Waals surface area contributed by atoms with Gasteiger partial charge >= 0.3 is 0 Å². The third kappa shape index (κ3) is 5.21. The number of nitrogens with one attached hydrogen (secondary N) is 2. The molecule has 1 aromatic carbocycles. The molecule has 0 amide bonds. The second kappa shape index (κ2) is 8.54. The van der Waals surface area contributed by atoms with Gasteiger partial charge in [0.1, 0.15) is 0 Å². The Balaban J connectivity index is 0.00000243. The molecule has 0 spiro atoms. The second-order valence-electron chi connectivity index (χ2n) is 7.87. The second-order valence-corrected chi connectivity index (χ2v) is 7.87. The zero-order valence-corrected chi connectivity index (χ0v) is 16.5. The van der Waals surface area contributed by atoms with Gasteiger partial charge in [0.25, 0.3) is 0 Å². The summed E-state index contributed by atoms with van der Waals surface area (Å²) in [5.41, 5.74) is 4.87. The van der Waals surface area contributed by atoms with Crippen molar-refractivity contribution in [2.45, 2.75) is 51.4 Å². The highest BCUT2D eigenvalue weighted by Crippen LogP contribution is 2.32. The lowest BCUT2D eigenvalue weighted by atomic mass is 9.82. The Morgan fingerprint density at radius 1 is 1.19 bits per heavy atom. The fourth-order valence-corrected chi connectivity index (χ4v) is 3.29. The molecule has 0 bridgehead atoms. The fraction of sp³-hybridized carbons (Fsp3) is 0.429. The van der Waals surface area contributed by atoms with Gasteiger partial charge in [-0.25, -0.2) is 4.98 Å². The molecular weight excluding hydrogens is 346 g/mol. The number of benzene rings is 1. The lowest BCUT2D eigenvalue weighted by Gasteiger charge is -2.25. The van der Waals surface area contributed by atoms with Crippen molar-refractivity contribution in [2.24, 2.45) is 0 Å². The quantitative estimate of drug-likeness (QED) is 0.821. The number of ketones is 1. The standard InChI is InChI=1S/C21H27N3O.ClH/c1-21(2,3)17-6-4-15(5-7-17)16-10-19(12-20(25)11-16)23-9-8-18-13-22-14-24-18;/h4-7,12-14,16,23H,8-11H2,1-3H3,(H,22,24);1H. The van der Waals surface area contributed by atoms with Crippen LogP contribution < -0.4 is 5.32 Å². The molecule has 1 atom stereocenters. The number of halogens is 1. The first-order valence-electron chi connectivity index (χ1n) is 8.97. The van der Waals surface area contributed by atoms with E-state index in [1.54, 1.807) is 12.4 Å². The van der Waals surface area contributed by atoms with Crippen LogP contribution in [-0.2, 0) is 16.6 Å². The largest absolute Gasteiger partial charge is 0.388 e. The van der Waals surface area contributed by atoms with Crippen molar-refractivity contribution in [3.05, 3.63) is 65.4 Å². The van der Waals surface area contributed by atoms with Gasteiger partial charge in [0, 0.05) is 43.1 Å². The molecule has 5 heteroatoms. The van der Waals surface area contributed by atoms with Crippen LogP contribution in [0.1, 0.15) is 56.4 Å². The maximum atomic E-state index is 12.1. The van der Waals surface area contributed by atoms with Gasteiger partial charge in [0.05, 0.1) is 6.33 Å². The molecule has 4 nitrogen and oxygen atoms in total. The minimum atomic E-state index is 0. The van der Waals surface area contributed by atoms with Crippen molar-refractivity contribution in [1.29, 1.82) is 0 Å². The molecule has 1 heterocycles. The van der Waals surface area contributed by atoms with Crippen LogP contribution in [0.15, 0.2) is 48.6 Å². The Bertz CT molecular complexity index is 743. The number of aromatic amines is 1. The number of allylic oxidation sites excluding steroid dienone is 2. The smallest absolute Gasteiger partial charge is 0.158 e. The van der Waals surface area contributed by atoms with Gasteiger partial charge in [-0.3, -0.25) is 4.79 Å². The first-order chi connectivity index (χ1) is 11.9. The maximum absolute atomic E-state index is 12.1. The molecular formula is C21H28ClN3O. The third-order valence-corrected chi connectivity index (χ3v) is 4.80. The zero-order chi connectivity index (χ0) is 17.9. The van der Waals surface area contributed by atoms with Crippen molar-refractivity contribution in [2.75, 3.05) is 6.54 Å². The molecule has 0 saturated carbocycles. The van der Waals surface area contributed by atoms with Crippen LogP contribution in [-0.4, -0.2) is 22.3 Å². The van der Waals surface area contributed by atoms with Gasteiger partial charge < -0.3 is 10.3 Å². The van der Waals surface area contributed by atoms with Crippen LogP contribution in [0.5, 0.6) is 0 Å². The number of H-pyrrole nitrogens is 1. The summed E-state index contributed by atoms with van der Waals surface area (Å²) >= 11 is 0. The Morgan fingerprint density at radius 3 is 2.54 bits per heavy atom. The van der Waals surface area contributed by atoms with Crippen LogP contribution >= 0.6 is 12.4 Å². The molecule has 0 saturated heterocycles. The van der Waals surface area contributed by atoms with Gasteiger partial charge in [-0.1, -0.05) is 45.0 Å². The maximum Gasteiger partial charge on any atom is 0.158 e. The summed E-state index contributed by atoms with van der Waals surface area (Å²) in [5, 5.41) is 3.42. The average molecular weight is 374 g/mol. The van der Waals surface area contributed by atoms with E-state index in [0.29, 0.717) is 6.42 Å². The number of hydrogen-bond donors (Lipinski definition) is 2. The topological polar surface area (TPSA) is 57.8 Å². The minimum Gasteiger partial charge on any atom is -0.388 e. The monoisotopic (exact) mass is 373 g/mol. The predicted molar refractivity (Wildman–Crippen MR) is 108 cm³/mol. The summed E-state index contributed by atoms with van der Waals surface area (Å²) in [6.45, 7) is 7.46. The third-order valence-electron chi connectivity index (χ3n) is 4.80. The van der Waals surface area contributed by atoms with Gasteiger partial charge in [0.2, 0.25) is 0 Å². The number of carbonyl (C=O) groups excluding carboxylic acids is 1. The summed E-state index contributed by atoms with van der Waals surface area (Å²) in [5.74, 6) is 0.473. The van der Waals surface area contributed by atoms with Crippen LogP contribution in [0.3, 0.4) is 0 Å². The first kappa shape index (κ1) is 20.2. The van der Waals surface area contributed by atoms with E-state index in [4.69, 9.17) is 0 Å². The molecule has 0 aliphatic heterocycles. The van der Waals surface area contributed by atoms with Crippen LogP contribution in [0, 0.1) is 0 Å². The molecule has 1 aromatic heterocycles. The van der Waals surface area contributed by atoms with Gasteiger partial charge in [0.15, 0.2) is 5.78 Å². The van der Waals surface area contributed by atoms with Crippen LogP contribution in [0.2, 0.25) is 0 Å². The molecule has 2 N–H and O–H groups in total. The molecule has 1 aliphatic rings. The SMILES string of the molecule is CC(C)(C)c1ccc(C2CC(=O)C=C(NCCc3cnc[nH]3)C2)cc1.Cl.